The number of halogens is 2. The Bertz CT molecular complexity index is 378. The highest BCUT2D eigenvalue weighted by Crippen LogP contribution is 2.22. The average molecular weight is 314 g/mol. The lowest BCUT2D eigenvalue weighted by Gasteiger charge is -1.99. The monoisotopic (exact) mass is 312 g/mol. The van der Waals surface area contributed by atoms with E-state index in [4.69, 9.17) is 0 Å². The molecule has 0 amide bonds. The van der Waals surface area contributed by atoms with Crippen molar-refractivity contribution in [1.82, 2.24) is 0 Å². The van der Waals surface area contributed by atoms with Crippen molar-refractivity contribution >= 4 is 41.7 Å². The summed E-state index contributed by atoms with van der Waals surface area (Å²) in [5, 5.41) is 0. The van der Waals surface area contributed by atoms with Gasteiger partial charge in [0.1, 0.15) is 0 Å². The van der Waals surface area contributed by atoms with Gasteiger partial charge in [-0.1, -0.05) is 31.9 Å². The topological polar surface area (TPSA) is 34.1 Å². The molecule has 2 nitrogen and oxygen atoms in total. The highest BCUT2D eigenvalue weighted by molar-refractivity contribution is 9.11. The van der Waals surface area contributed by atoms with Crippen LogP contribution in [0.15, 0.2) is 32.0 Å². The van der Waals surface area contributed by atoms with Crippen LogP contribution in [0.25, 0.3) is 0 Å². The summed E-state index contributed by atoms with van der Waals surface area (Å²) in [7, 11) is -3.11. The van der Waals surface area contributed by atoms with Gasteiger partial charge in [0.15, 0.2) is 9.84 Å². The summed E-state index contributed by atoms with van der Waals surface area (Å²) >= 11 is 6.42. The van der Waals surface area contributed by atoms with Gasteiger partial charge >= 0.3 is 0 Å². The Kier molecular flexibility index (Phi) is 2.96. The standard InChI is InChI=1S/C7H6Br2O2S/c1-12(10,11)7-3-5(8)2-6(9)4-7/h2-4H,1H3. The number of sulfone groups is 1. The van der Waals surface area contributed by atoms with E-state index in [-0.39, 0.29) is 0 Å². The summed E-state index contributed by atoms with van der Waals surface area (Å²) in [4.78, 5) is 0.309. The highest BCUT2D eigenvalue weighted by atomic mass is 79.9. The highest BCUT2D eigenvalue weighted by Gasteiger charge is 2.07. The lowest BCUT2D eigenvalue weighted by Crippen LogP contribution is -1.96. The molecule has 0 radical (unpaired) electrons. The maximum absolute atomic E-state index is 11.1. The lowest BCUT2D eigenvalue weighted by atomic mass is 10.4. The van der Waals surface area contributed by atoms with Crippen LogP contribution >= 0.6 is 31.9 Å². The van der Waals surface area contributed by atoms with Crippen LogP contribution in [0.5, 0.6) is 0 Å². The van der Waals surface area contributed by atoms with E-state index in [1.54, 1.807) is 18.2 Å². The molecule has 0 heterocycles. The predicted molar refractivity (Wildman–Crippen MR) is 55.0 cm³/mol. The Morgan fingerprint density at radius 3 is 1.83 bits per heavy atom. The van der Waals surface area contributed by atoms with Crippen molar-refractivity contribution in [2.75, 3.05) is 6.26 Å². The Balaban J connectivity index is 3.37. The molecule has 12 heavy (non-hydrogen) atoms. The van der Waals surface area contributed by atoms with Crippen LogP contribution in [0.2, 0.25) is 0 Å². The van der Waals surface area contributed by atoms with E-state index in [0.717, 1.165) is 8.95 Å². The third kappa shape index (κ3) is 2.57. The summed E-state index contributed by atoms with van der Waals surface area (Å²) in [6.45, 7) is 0. The van der Waals surface area contributed by atoms with Crippen LogP contribution in [0.4, 0.5) is 0 Å². The molecule has 0 spiro atoms. The molecule has 1 aromatic rings. The second-order valence-electron chi connectivity index (χ2n) is 2.38. The summed E-state index contributed by atoms with van der Waals surface area (Å²) in [6.07, 6.45) is 1.18. The molecule has 0 atom stereocenters. The zero-order valence-corrected chi connectivity index (χ0v) is 10.2. The third-order valence-electron chi connectivity index (χ3n) is 1.26. The Hall–Kier alpha value is 0.130. The molecule has 0 aliphatic heterocycles. The van der Waals surface area contributed by atoms with E-state index >= 15 is 0 Å². The summed E-state index contributed by atoms with van der Waals surface area (Å²) in [5.74, 6) is 0. The van der Waals surface area contributed by atoms with Crippen molar-refractivity contribution in [3.63, 3.8) is 0 Å². The fourth-order valence-electron chi connectivity index (χ4n) is 0.743. The Morgan fingerprint density at radius 1 is 1.08 bits per heavy atom. The molecule has 0 aliphatic carbocycles. The summed E-state index contributed by atoms with van der Waals surface area (Å²) < 4.78 is 23.7. The van der Waals surface area contributed by atoms with Crippen molar-refractivity contribution in [1.29, 1.82) is 0 Å². The van der Waals surface area contributed by atoms with Crippen molar-refractivity contribution in [2.24, 2.45) is 0 Å². The largest absolute Gasteiger partial charge is 0.224 e. The molecule has 0 unspecified atom stereocenters. The van der Waals surface area contributed by atoms with Crippen LogP contribution in [0.1, 0.15) is 0 Å². The fraction of sp³-hybridized carbons (Fsp3) is 0.143. The third-order valence-corrected chi connectivity index (χ3v) is 3.27. The van der Waals surface area contributed by atoms with E-state index in [9.17, 15) is 8.42 Å². The maximum Gasteiger partial charge on any atom is 0.175 e. The van der Waals surface area contributed by atoms with E-state index in [0.29, 0.717) is 4.90 Å². The normalized spacial score (nSPS) is 11.6. The van der Waals surface area contributed by atoms with Crippen LogP contribution in [-0.4, -0.2) is 14.7 Å². The Labute approximate surface area is 88.2 Å². The summed E-state index contributed by atoms with van der Waals surface area (Å²) in [5.41, 5.74) is 0. The summed E-state index contributed by atoms with van der Waals surface area (Å²) in [6, 6.07) is 4.93. The maximum atomic E-state index is 11.1. The van der Waals surface area contributed by atoms with Gasteiger partial charge in [0.05, 0.1) is 4.90 Å². The van der Waals surface area contributed by atoms with E-state index in [2.05, 4.69) is 31.9 Å². The first-order chi connectivity index (χ1) is 5.39. The second kappa shape index (κ2) is 3.47. The minimum Gasteiger partial charge on any atom is -0.224 e. The fourth-order valence-corrected chi connectivity index (χ4v) is 3.02. The SMILES string of the molecule is CS(=O)(=O)c1cc(Br)cc(Br)c1. The number of benzene rings is 1. The molecule has 0 fully saturated rings. The van der Waals surface area contributed by atoms with Crippen molar-refractivity contribution < 1.29 is 8.42 Å². The quantitative estimate of drug-likeness (QED) is 0.798. The zero-order valence-electron chi connectivity index (χ0n) is 6.21. The molecule has 1 aromatic carbocycles. The van der Waals surface area contributed by atoms with Crippen LogP contribution in [0.3, 0.4) is 0 Å². The molecule has 0 saturated carbocycles. The Morgan fingerprint density at radius 2 is 1.50 bits per heavy atom. The molecule has 5 heteroatoms. The van der Waals surface area contributed by atoms with Crippen LogP contribution < -0.4 is 0 Å². The number of hydrogen-bond acceptors (Lipinski definition) is 2. The molecule has 0 bridgehead atoms. The van der Waals surface area contributed by atoms with Crippen molar-refractivity contribution in [3.8, 4) is 0 Å². The van der Waals surface area contributed by atoms with Gasteiger partial charge in [0, 0.05) is 15.2 Å². The van der Waals surface area contributed by atoms with Gasteiger partial charge < -0.3 is 0 Å². The lowest BCUT2D eigenvalue weighted by molar-refractivity contribution is 0.602. The first-order valence-electron chi connectivity index (χ1n) is 3.06. The van der Waals surface area contributed by atoms with Gasteiger partial charge in [-0.2, -0.15) is 0 Å². The predicted octanol–water partition coefficient (Wildman–Crippen LogP) is 2.62. The zero-order chi connectivity index (χ0) is 9.35. The van der Waals surface area contributed by atoms with E-state index < -0.39 is 9.84 Å². The second-order valence-corrected chi connectivity index (χ2v) is 6.22. The van der Waals surface area contributed by atoms with Gasteiger partial charge in [-0.15, -0.1) is 0 Å². The van der Waals surface area contributed by atoms with Gasteiger partial charge in [-0.05, 0) is 18.2 Å². The molecule has 1 rings (SSSR count). The number of rotatable bonds is 1. The molecular weight excluding hydrogens is 308 g/mol. The smallest absolute Gasteiger partial charge is 0.175 e. The first-order valence-corrected chi connectivity index (χ1v) is 6.53. The van der Waals surface area contributed by atoms with Crippen molar-refractivity contribution in [2.45, 2.75) is 4.90 Å². The molecule has 0 aliphatic rings. The van der Waals surface area contributed by atoms with Gasteiger partial charge in [0.2, 0.25) is 0 Å². The molecule has 0 aromatic heterocycles. The van der Waals surface area contributed by atoms with Gasteiger partial charge in [-0.3, -0.25) is 0 Å². The molecule has 0 N–H and O–H groups in total. The van der Waals surface area contributed by atoms with Crippen molar-refractivity contribution in [3.05, 3.63) is 27.1 Å². The molecular formula is C7H6Br2O2S. The minimum absolute atomic E-state index is 0.309. The number of hydrogen-bond donors (Lipinski definition) is 0. The van der Waals surface area contributed by atoms with E-state index in [1.807, 2.05) is 0 Å². The van der Waals surface area contributed by atoms with Crippen LogP contribution in [-0.2, 0) is 9.84 Å². The molecule has 66 valence electrons. The van der Waals surface area contributed by atoms with Gasteiger partial charge in [0.25, 0.3) is 0 Å². The van der Waals surface area contributed by atoms with Gasteiger partial charge in [-0.25, -0.2) is 8.42 Å². The van der Waals surface area contributed by atoms with Crippen LogP contribution in [0, 0.1) is 0 Å². The minimum atomic E-state index is -3.11. The first kappa shape index (κ1) is 10.2. The van der Waals surface area contributed by atoms with E-state index in [1.165, 1.54) is 6.26 Å². The molecule has 0 saturated heterocycles. The average Bonchev–Trinajstić information content (AvgIpc) is 1.82.